The summed E-state index contributed by atoms with van der Waals surface area (Å²) < 4.78 is 56.2. The number of carbonyl (C=O) groups excluding carboxylic acids is 1. The summed E-state index contributed by atoms with van der Waals surface area (Å²) in [4.78, 5) is 24.2. The van der Waals surface area contributed by atoms with Crippen molar-refractivity contribution in [3.63, 3.8) is 0 Å². The predicted octanol–water partition coefficient (Wildman–Crippen LogP) is 5.04. The number of alkyl halides is 3. The van der Waals surface area contributed by atoms with E-state index in [4.69, 9.17) is 14.2 Å². The standard InChI is InChI=1S/C31H41F3N4O4/c1-20-25(11-10-24-4-3-5-27(42-24)21-6-8-22(9-7-21)31(32,33)34)35-19-36-29(20)30(39)38-15-12-23(13-16-38)37-26-14-17-41-18-28(26)40-2/h6-9,19,23-24,26-28,37H,3-5,10-18H2,1-2H3/t24-,26+,27+,28-/m0/s1. The molecule has 11 heteroatoms. The highest BCUT2D eigenvalue weighted by atomic mass is 19.4. The quantitative estimate of drug-likeness (QED) is 0.461. The molecule has 8 nitrogen and oxygen atoms in total. The Morgan fingerprint density at radius 1 is 1.10 bits per heavy atom. The number of ether oxygens (including phenoxy) is 3. The van der Waals surface area contributed by atoms with Gasteiger partial charge in [0.25, 0.3) is 5.91 Å². The van der Waals surface area contributed by atoms with Crippen LogP contribution in [0.5, 0.6) is 0 Å². The number of hydrogen-bond acceptors (Lipinski definition) is 7. The van der Waals surface area contributed by atoms with Gasteiger partial charge in [-0.1, -0.05) is 12.1 Å². The van der Waals surface area contributed by atoms with Gasteiger partial charge >= 0.3 is 6.18 Å². The fraction of sp³-hybridized carbons (Fsp3) is 0.645. The molecule has 5 rings (SSSR count). The molecule has 4 heterocycles. The van der Waals surface area contributed by atoms with E-state index < -0.39 is 11.7 Å². The van der Waals surface area contributed by atoms with E-state index in [2.05, 4.69) is 15.3 Å². The van der Waals surface area contributed by atoms with Gasteiger partial charge in [0.2, 0.25) is 0 Å². The fourth-order valence-electron chi connectivity index (χ4n) is 6.33. The molecule has 4 atom stereocenters. The summed E-state index contributed by atoms with van der Waals surface area (Å²) in [6, 6.07) is 5.87. The Morgan fingerprint density at radius 2 is 1.86 bits per heavy atom. The lowest BCUT2D eigenvalue weighted by atomic mass is 9.95. The first-order valence-electron chi connectivity index (χ1n) is 15.0. The Labute approximate surface area is 245 Å². The fourth-order valence-corrected chi connectivity index (χ4v) is 6.33. The maximum absolute atomic E-state index is 13.4. The molecule has 3 fully saturated rings. The van der Waals surface area contributed by atoms with Gasteiger partial charge in [-0.15, -0.1) is 0 Å². The SMILES string of the molecule is CO[C@H]1COCC[C@H]1NC1CCN(C(=O)c2ncnc(CC[C@@H]3CCC[C@H](c4ccc(C(F)(F)F)cc4)O3)c2C)CC1. The van der Waals surface area contributed by atoms with Crippen molar-refractivity contribution in [3.05, 3.63) is 58.7 Å². The number of rotatable bonds is 8. The highest BCUT2D eigenvalue weighted by Crippen LogP contribution is 2.35. The molecule has 3 saturated heterocycles. The summed E-state index contributed by atoms with van der Waals surface area (Å²) in [6.45, 7) is 4.57. The van der Waals surface area contributed by atoms with Crippen molar-refractivity contribution in [1.29, 1.82) is 0 Å². The van der Waals surface area contributed by atoms with E-state index in [0.717, 1.165) is 74.1 Å². The molecule has 0 aliphatic carbocycles. The second-order valence-electron chi connectivity index (χ2n) is 11.6. The molecule has 1 amide bonds. The number of carbonyl (C=O) groups is 1. The Hall–Kier alpha value is -2.60. The number of piperidine rings is 1. The molecule has 3 aliphatic heterocycles. The van der Waals surface area contributed by atoms with Crippen LogP contribution in [0.4, 0.5) is 13.2 Å². The summed E-state index contributed by atoms with van der Waals surface area (Å²) in [7, 11) is 1.72. The zero-order valence-electron chi connectivity index (χ0n) is 24.4. The van der Waals surface area contributed by atoms with Gasteiger partial charge < -0.3 is 24.4 Å². The van der Waals surface area contributed by atoms with Crippen molar-refractivity contribution < 1.29 is 32.2 Å². The van der Waals surface area contributed by atoms with E-state index in [-0.39, 0.29) is 30.3 Å². The van der Waals surface area contributed by atoms with Crippen LogP contribution in [0.3, 0.4) is 0 Å². The van der Waals surface area contributed by atoms with Gasteiger partial charge in [-0.25, -0.2) is 9.97 Å². The lowest BCUT2D eigenvalue weighted by Crippen LogP contribution is -2.54. The van der Waals surface area contributed by atoms with Gasteiger partial charge in [0.15, 0.2) is 0 Å². The summed E-state index contributed by atoms with van der Waals surface area (Å²) in [5, 5.41) is 3.72. The minimum atomic E-state index is -4.35. The molecule has 42 heavy (non-hydrogen) atoms. The lowest BCUT2D eigenvalue weighted by molar-refractivity contribution is -0.137. The van der Waals surface area contributed by atoms with Crippen molar-refractivity contribution >= 4 is 5.91 Å². The Morgan fingerprint density at radius 3 is 2.57 bits per heavy atom. The second kappa shape index (κ2) is 13.8. The topological polar surface area (TPSA) is 85.8 Å². The van der Waals surface area contributed by atoms with Crippen LogP contribution in [0.15, 0.2) is 30.6 Å². The number of halogens is 3. The number of nitrogens with zero attached hydrogens (tertiary/aromatic N) is 3. The molecule has 0 spiro atoms. The van der Waals surface area contributed by atoms with Gasteiger partial charge in [-0.2, -0.15) is 13.2 Å². The maximum atomic E-state index is 13.4. The van der Waals surface area contributed by atoms with Gasteiger partial charge in [-0.3, -0.25) is 4.79 Å². The number of benzene rings is 1. The Bertz CT molecular complexity index is 1190. The third-order valence-corrected chi connectivity index (χ3v) is 8.89. The number of amides is 1. The largest absolute Gasteiger partial charge is 0.416 e. The van der Waals surface area contributed by atoms with Crippen molar-refractivity contribution in [2.45, 2.75) is 94.9 Å². The van der Waals surface area contributed by atoms with Gasteiger partial charge in [0, 0.05) is 50.1 Å². The smallest absolute Gasteiger partial charge is 0.379 e. The molecule has 0 bridgehead atoms. The molecule has 2 aromatic rings. The first-order chi connectivity index (χ1) is 20.2. The van der Waals surface area contributed by atoms with E-state index in [1.54, 1.807) is 7.11 Å². The number of aromatic nitrogens is 2. The third-order valence-electron chi connectivity index (χ3n) is 8.89. The molecule has 0 saturated carbocycles. The summed E-state index contributed by atoms with van der Waals surface area (Å²) in [6.07, 6.45) is 3.53. The number of methoxy groups -OCH3 is 1. The number of hydrogen-bond donors (Lipinski definition) is 1. The Balaban J connectivity index is 1.13. The number of nitrogens with one attached hydrogen (secondary N) is 1. The van der Waals surface area contributed by atoms with E-state index >= 15 is 0 Å². The minimum absolute atomic E-state index is 0.0282. The summed E-state index contributed by atoms with van der Waals surface area (Å²) >= 11 is 0. The predicted molar refractivity (Wildman–Crippen MR) is 150 cm³/mol. The average Bonchev–Trinajstić information content (AvgIpc) is 3.01. The van der Waals surface area contributed by atoms with Crippen molar-refractivity contribution in [2.24, 2.45) is 0 Å². The van der Waals surface area contributed by atoms with Gasteiger partial charge in [0.05, 0.1) is 30.5 Å². The molecule has 0 radical (unpaired) electrons. The zero-order chi connectivity index (χ0) is 29.7. The average molecular weight is 591 g/mol. The highest BCUT2D eigenvalue weighted by Gasteiger charge is 2.33. The van der Waals surface area contributed by atoms with E-state index in [9.17, 15) is 18.0 Å². The maximum Gasteiger partial charge on any atom is 0.416 e. The molecule has 0 unspecified atom stereocenters. The first kappa shape index (κ1) is 30.8. The van der Waals surface area contributed by atoms with Gasteiger partial charge in [0.1, 0.15) is 12.0 Å². The van der Waals surface area contributed by atoms with E-state index in [1.807, 2.05) is 11.8 Å². The van der Waals surface area contributed by atoms with Gasteiger partial charge in [-0.05, 0) is 76.0 Å². The molecule has 3 aliphatic rings. The van der Waals surface area contributed by atoms with E-state index in [0.29, 0.717) is 44.3 Å². The number of aryl methyl sites for hydroxylation is 1. The van der Waals surface area contributed by atoms with Crippen molar-refractivity contribution in [3.8, 4) is 0 Å². The van der Waals surface area contributed by atoms with Crippen LogP contribution in [0.25, 0.3) is 0 Å². The molecule has 1 aromatic heterocycles. The van der Waals surface area contributed by atoms with Crippen molar-refractivity contribution in [2.75, 3.05) is 33.4 Å². The van der Waals surface area contributed by atoms with Crippen LogP contribution in [0.2, 0.25) is 0 Å². The molecular formula is C31H41F3N4O4. The van der Waals surface area contributed by atoms with Crippen LogP contribution >= 0.6 is 0 Å². The highest BCUT2D eigenvalue weighted by molar-refractivity contribution is 5.93. The van der Waals surface area contributed by atoms with Crippen LogP contribution in [-0.2, 0) is 26.8 Å². The monoisotopic (exact) mass is 590 g/mol. The first-order valence-corrected chi connectivity index (χ1v) is 15.0. The molecule has 1 N–H and O–H groups in total. The van der Waals surface area contributed by atoms with Crippen LogP contribution in [-0.4, -0.2) is 78.5 Å². The molecule has 1 aromatic carbocycles. The summed E-state index contributed by atoms with van der Waals surface area (Å²) in [5.41, 5.74) is 2.18. The Kier molecular flexibility index (Phi) is 10.1. The zero-order valence-corrected chi connectivity index (χ0v) is 24.4. The normalized spacial score (nSPS) is 25.9. The second-order valence-corrected chi connectivity index (χ2v) is 11.6. The third kappa shape index (κ3) is 7.48. The van der Waals surface area contributed by atoms with Crippen LogP contribution < -0.4 is 5.32 Å². The molecule has 230 valence electrons. The minimum Gasteiger partial charge on any atom is -0.379 e. The van der Waals surface area contributed by atoms with Crippen LogP contribution in [0, 0.1) is 6.92 Å². The number of likely N-dealkylation sites (tertiary alicyclic amines) is 1. The van der Waals surface area contributed by atoms with E-state index in [1.165, 1.54) is 18.5 Å². The van der Waals surface area contributed by atoms with Crippen molar-refractivity contribution in [1.82, 2.24) is 20.2 Å². The summed E-state index contributed by atoms with van der Waals surface area (Å²) in [5.74, 6) is -0.0632. The lowest BCUT2D eigenvalue weighted by Gasteiger charge is -2.38. The molecular weight excluding hydrogens is 549 g/mol. The van der Waals surface area contributed by atoms with Crippen LogP contribution in [0.1, 0.15) is 83.9 Å².